The average Bonchev–Trinajstić information content (AvgIpc) is 2.20. The van der Waals surface area contributed by atoms with Gasteiger partial charge in [0, 0.05) is 0 Å². The van der Waals surface area contributed by atoms with E-state index in [1.807, 2.05) is 7.05 Å². The van der Waals surface area contributed by atoms with Gasteiger partial charge < -0.3 is 5.32 Å². The van der Waals surface area contributed by atoms with E-state index in [9.17, 15) is 0 Å². The molecule has 0 aliphatic rings. The van der Waals surface area contributed by atoms with Gasteiger partial charge in [-0.15, -0.1) is 0 Å². The Balaban J connectivity index is 2.88. The number of nitrogens with one attached hydrogen (secondary N) is 1. The number of hydrogen-bond donors (Lipinski definition) is 1. The smallest absolute Gasteiger partial charge is 0.00462 e. The fourth-order valence-electron chi connectivity index (χ4n) is 2.03. The fraction of sp³-hybridized carbons (Fsp3) is 0.571. The molecule has 1 rings (SSSR count). The average molecular weight is 205 g/mol. The summed E-state index contributed by atoms with van der Waals surface area (Å²) in [5.74, 6) is 0.650. The van der Waals surface area contributed by atoms with E-state index < -0.39 is 0 Å². The molecule has 84 valence electrons. The molecular formula is C14H23N. The van der Waals surface area contributed by atoms with Gasteiger partial charge >= 0.3 is 0 Å². The number of rotatable bonds is 4. The molecule has 1 atom stereocenters. The van der Waals surface area contributed by atoms with E-state index in [4.69, 9.17) is 0 Å². The molecule has 0 radical (unpaired) electrons. The van der Waals surface area contributed by atoms with Gasteiger partial charge in [0.05, 0.1) is 0 Å². The van der Waals surface area contributed by atoms with Crippen LogP contribution in [0.5, 0.6) is 0 Å². The second-order valence-corrected chi connectivity index (χ2v) is 4.59. The zero-order valence-corrected chi connectivity index (χ0v) is 10.6. The van der Waals surface area contributed by atoms with E-state index in [0.717, 1.165) is 6.54 Å². The van der Waals surface area contributed by atoms with Gasteiger partial charge in [0.1, 0.15) is 0 Å². The van der Waals surface area contributed by atoms with Gasteiger partial charge in [0.2, 0.25) is 0 Å². The van der Waals surface area contributed by atoms with Gasteiger partial charge in [-0.05, 0) is 69.0 Å². The zero-order chi connectivity index (χ0) is 11.4. The first-order chi connectivity index (χ1) is 7.06. The lowest BCUT2D eigenvalue weighted by molar-refractivity contribution is 0.633. The van der Waals surface area contributed by atoms with Crippen molar-refractivity contribution in [1.29, 1.82) is 0 Å². The quantitative estimate of drug-likeness (QED) is 0.795. The second-order valence-electron chi connectivity index (χ2n) is 4.59. The van der Waals surface area contributed by atoms with Crippen molar-refractivity contribution in [2.45, 2.75) is 40.0 Å². The molecule has 15 heavy (non-hydrogen) atoms. The summed E-state index contributed by atoms with van der Waals surface area (Å²) in [6, 6.07) is 4.66. The highest BCUT2D eigenvalue weighted by atomic mass is 14.8. The van der Waals surface area contributed by atoms with Crippen molar-refractivity contribution in [2.75, 3.05) is 13.6 Å². The van der Waals surface area contributed by atoms with Crippen molar-refractivity contribution in [3.63, 3.8) is 0 Å². The van der Waals surface area contributed by atoms with Crippen LogP contribution in [0, 0.1) is 20.8 Å². The van der Waals surface area contributed by atoms with Gasteiger partial charge in [-0.1, -0.05) is 19.1 Å². The predicted molar refractivity (Wildman–Crippen MR) is 67.6 cm³/mol. The molecule has 0 aliphatic carbocycles. The molecule has 0 bridgehead atoms. The fourth-order valence-corrected chi connectivity index (χ4v) is 2.03. The van der Waals surface area contributed by atoms with Crippen LogP contribution < -0.4 is 5.32 Å². The Morgan fingerprint density at radius 1 is 1.07 bits per heavy atom. The van der Waals surface area contributed by atoms with Gasteiger partial charge in [0.15, 0.2) is 0 Å². The van der Waals surface area contributed by atoms with Crippen LogP contribution in [0.2, 0.25) is 0 Å². The molecule has 0 spiro atoms. The van der Waals surface area contributed by atoms with E-state index in [-0.39, 0.29) is 0 Å². The first-order valence-corrected chi connectivity index (χ1v) is 5.78. The molecule has 1 N–H and O–H groups in total. The summed E-state index contributed by atoms with van der Waals surface area (Å²) in [5.41, 5.74) is 5.75. The van der Waals surface area contributed by atoms with Crippen molar-refractivity contribution >= 4 is 0 Å². The highest BCUT2D eigenvalue weighted by molar-refractivity contribution is 5.38. The summed E-state index contributed by atoms with van der Waals surface area (Å²) in [7, 11) is 2.01. The van der Waals surface area contributed by atoms with Gasteiger partial charge in [0.25, 0.3) is 0 Å². The molecule has 0 saturated carbocycles. The third-order valence-electron chi connectivity index (χ3n) is 3.24. The van der Waals surface area contributed by atoms with Crippen molar-refractivity contribution in [2.24, 2.45) is 0 Å². The summed E-state index contributed by atoms with van der Waals surface area (Å²) >= 11 is 0. The van der Waals surface area contributed by atoms with E-state index in [0.29, 0.717) is 5.92 Å². The predicted octanol–water partition coefficient (Wildman–Crippen LogP) is 3.32. The Bertz CT molecular complexity index is 328. The SMILES string of the molecule is CNCCC(C)c1cc(C)c(C)cc1C. The van der Waals surface area contributed by atoms with Crippen LogP contribution in [0.3, 0.4) is 0 Å². The lowest BCUT2D eigenvalue weighted by Crippen LogP contribution is -2.11. The Morgan fingerprint density at radius 3 is 2.27 bits per heavy atom. The van der Waals surface area contributed by atoms with Crippen LogP contribution in [-0.2, 0) is 0 Å². The standard InChI is InChI=1S/C14H23N/c1-10(6-7-15-5)14-9-12(3)11(2)8-13(14)4/h8-10,15H,6-7H2,1-5H3. The Morgan fingerprint density at radius 2 is 1.67 bits per heavy atom. The monoisotopic (exact) mass is 205 g/mol. The van der Waals surface area contributed by atoms with E-state index in [2.05, 4.69) is 45.1 Å². The van der Waals surface area contributed by atoms with Gasteiger partial charge in [-0.3, -0.25) is 0 Å². The highest BCUT2D eigenvalue weighted by Crippen LogP contribution is 2.25. The summed E-state index contributed by atoms with van der Waals surface area (Å²) in [4.78, 5) is 0. The van der Waals surface area contributed by atoms with E-state index in [1.54, 1.807) is 0 Å². The highest BCUT2D eigenvalue weighted by Gasteiger charge is 2.09. The van der Waals surface area contributed by atoms with Crippen LogP contribution in [0.25, 0.3) is 0 Å². The first kappa shape index (κ1) is 12.3. The van der Waals surface area contributed by atoms with Gasteiger partial charge in [-0.2, -0.15) is 0 Å². The number of hydrogen-bond acceptors (Lipinski definition) is 1. The van der Waals surface area contributed by atoms with Crippen LogP contribution in [0.4, 0.5) is 0 Å². The molecular weight excluding hydrogens is 182 g/mol. The maximum Gasteiger partial charge on any atom is -0.00462 e. The molecule has 0 amide bonds. The minimum Gasteiger partial charge on any atom is -0.320 e. The normalized spacial score (nSPS) is 12.9. The molecule has 1 nitrogen and oxygen atoms in total. The Kier molecular flexibility index (Phi) is 4.34. The molecule has 1 unspecified atom stereocenters. The first-order valence-electron chi connectivity index (χ1n) is 5.78. The van der Waals surface area contributed by atoms with Gasteiger partial charge in [-0.25, -0.2) is 0 Å². The number of benzene rings is 1. The van der Waals surface area contributed by atoms with Crippen LogP contribution in [0.15, 0.2) is 12.1 Å². The summed E-state index contributed by atoms with van der Waals surface area (Å²) < 4.78 is 0. The molecule has 0 aliphatic heterocycles. The molecule has 1 aromatic rings. The minimum absolute atomic E-state index is 0.650. The summed E-state index contributed by atoms with van der Waals surface area (Å²) in [5, 5.41) is 3.21. The second kappa shape index (κ2) is 5.32. The molecule has 1 heteroatoms. The molecule has 0 heterocycles. The topological polar surface area (TPSA) is 12.0 Å². The third kappa shape index (κ3) is 3.07. The third-order valence-corrected chi connectivity index (χ3v) is 3.24. The van der Waals surface area contributed by atoms with Crippen molar-refractivity contribution < 1.29 is 0 Å². The summed E-state index contributed by atoms with van der Waals surface area (Å²) in [6.45, 7) is 10.0. The van der Waals surface area contributed by atoms with Crippen molar-refractivity contribution in [3.05, 3.63) is 34.4 Å². The molecule has 0 aromatic heterocycles. The van der Waals surface area contributed by atoms with E-state index in [1.165, 1.54) is 28.7 Å². The Labute approximate surface area is 93.9 Å². The Hall–Kier alpha value is -0.820. The van der Waals surface area contributed by atoms with Crippen LogP contribution in [0.1, 0.15) is 41.5 Å². The molecule has 0 saturated heterocycles. The van der Waals surface area contributed by atoms with E-state index >= 15 is 0 Å². The largest absolute Gasteiger partial charge is 0.320 e. The maximum absolute atomic E-state index is 3.21. The lowest BCUT2D eigenvalue weighted by atomic mass is 9.90. The summed E-state index contributed by atoms with van der Waals surface area (Å²) in [6.07, 6.45) is 1.21. The zero-order valence-electron chi connectivity index (χ0n) is 10.6. The van der Waals surface area contributed by atoms with Crippen molar-refractivity contribution in [1.82, 2.24) is 5.32 Å². The van der Waals surface area contributed by atoms with Crippen LogP contribution in [-0.4, -0.2) is 13.6 Å². The molecule has 1 aromatic carbocycles. The molecule has 0 fully saturated rings. The van der Waals surface area contributed by atoms with Crippen LogP contribution >= 0.6 is 0 Å². The maximum atomic E-state index is 3.21. The van der Waals surface area contributed by atoms with Crippen molar-refractivity contribution in [3.8, 4) is 0 Å². The lowest BCUT2D eigenvalue weighted by Gasteiger charge is -2.16. The number of aryl methyl sites for hydroxylation is 3. The minimum atomic E-state index is 0.650.